The van der Waals surface area contributed by atoms with Crippen LogP contribution in [-0.4, -0.2) is 44.8 Å². The van der Waals surface area contributed by atoms with Crippen LogP contribution in [0.3, 0.4) is 0 Å². The molecule has 3 heterocycles. The first-order valence-electron chi connectivity index (χ1n) is 8.35. The van der Waals surface area contributed by atoms with Crippen molar-refractivity contribution in [2.24, 2.45) is 0 Å². The molecule has 1 aliphatic heterocycles. The van der Waals surface area contributed by atoms with Crippen molar-refractivity contribution in [1.29, 1.82) is 0 Å². The molecule has 6 heteroatoms. The normalized spacial score (nSPS) is 15.6. The highest BCUT2D eigenvalue weighted by Crippen LogP contribution is 2.24. The van der Waals surface area contributed by atoms with Gasteiger partial charge in [0.25, 0.3) is 0 Å². The molecule has 0 saturated carbocycles. The maximum atomic E-state index is 5.27. The molecule has 3 rings (SSSR count). The zero-order valence-corrected chi connectivity index (χ0v) is 14.8. The Balaban J connectivity index is 1.69. The predicted molar refractivity (Wildman–Crippen MR) is 89.0 cm³/mol. The van der Waals surface area contributed by atoms with E-state index < -0.39 is 0 Å². The Kier molecular flexibility index (Phi) is 4.55. The van der Waals surface area contributed by atoms with Crippen LogP contribution in [0.2, 0.25) is 0 Å². The van der Waals surface area contributed by atoms with Gasteiger partial charge in [0.05, 0.1) is 17.1 Å². The van der Waals surface area contributed by atoms with Crippen LogP contribution in [0.15, 0.2) is 4.52 Å². The monoisotopic (exact) mass is 317 g/mol. The van der Waals surface area contributed by atoms with Crippen LogP contribution in [-0.2, 0) is 26.1 Å². The fourth-order valence-corrected chi connectivity index (χ4v) is 3.08. The second-order valence-electron chi connectivity index (χ2n) is 6.90. The van der Waals surface area contributed by atoms with Gasteiger partial charge in [-0.1, -0.05) is 5.16 Å². The number of fused-ring (bicyclic) bond motifs is 1. The molecule has 0 aliphatic carbocycles. The highest BCUT2D eigenvalue weighted by atomic mass is 16.5. The topological polar surface area (TPSA) is 61.2 Å². The lowest BCUT2D eigenvalue weighted by atomic mass is 10.0. The van der Waals surface area contributed by atoms with Crippen molar-refractivity contribution >= 4 is 0 Å². The number of rotatable bonds is 5. The van der Waals surface area contributed by atoms with E-state index in [-0.39, 0.29) is 0 Å². The summed E-state index contributed by atoms with van der Waals surface area (Å²) in [5.41, 5.74) is 6.08. The van der Waals surface area contributed by atoms with Crippen LogP contribution in [0.1, 0.15) is 47.8 Å². The lowest BCUT2D eigenvalue weighted by molar-refractivity contribution is 0.238. The molecule has 0 saturated heterocycles. The van der Waals surface area contributed by atoms with Crippen molar-refractivity contribution in [3.8, 4) is 0 Å². The molecule has 1 aliphatic rings. The summed E-state index contributed by atoms with van der Waals surface area (Å²) >= 11 is 0. The Bertz CT molecular complexity index is 653. The van der Waals surface area contributed by atoms with E-state index in [2.05, 4.69) is 46.0 Å². The summed E-state index contributed by atoms with van der Waals surface area (Å²) in [5.74, 6) is 0.928. The lowest BCUT2D eigenvalue weighted by Gasteiger charge is -2.27. The van der Waals surface area contributed by atoms with E-state index in [1.165, 1.54) is 22.5 Å². The summed E-state index contributed by atoms with van der Waals surface area (Å²) in [4.78, 5) is 4.76. The van der Waals surface area contributed by atoms with Gasteiger partial charge in [0, 0.05) is 43.3 Å². The molecule has 0 fully saturated rings. The van der Waals surface area contributed by atoms with Crippen LogP contribution in [0, 0.1) is 13.8 Å². The van der Waals surface area contributed by atoms with Gasteiger partial charge in [0.1, 0.15) is 5.76 Å². The Morgan fingerprint density at radius 3 is 2.78 bits per heavy atom. The van der Waals surface area contributed by atoms with E-state index in [9.17, 15) is 0 Å². The molecule has 0 aromatic carbocycles. The number of aromatic nitrogens is 3. The van der Waals surface area contributed by atoms with Gasteiger partial charge in [-0.05, 0) is 41.2 Å². The van der Waals surface area contributed by atoms with Crippen LogP contribution >= 0.6 is 0 Å². The Hall–Kier alpha value is -1.66. The molecule has 2 aromatic rings. The summed E-state index contributed by atoms with van der Waals surface area (Å²) < 4.78 is 5.27. The molecule has 126 valence electrons. The first-order chi connectivity index (χ1) is 11.0. The summed E-state index contributed by atoms with van der Waals surface area (Å²) in [6, 6.07) is 0.530. The van der Waals surface area contributed by atoms with E-state index in [1.807, 2.05) is 13.8 Å². The van der Waals surface area contributed by atoms with Crippen molar-refractivity contribution < 1.29 is 4.52 Å². The zero-order valence-electron chi connectivity index (χ0n) is 14.8. The summed E-state index contributed by atoms with van der Waals surface area (Å²) in [5, 5.41) is 11.9. The second-order valence-corrected chi connectivity index (χ2v) is 6.90. The molecule has 1 N–H and O–H groups in total. The van der Waals surface area contributed by atoms with Crippen LogP contribution in [0.25, 0.3) is 0 Å². The van der Waals surface area contributed by atoms with Gasteiger partial charge >= 0.3 is 0 Å². The zero-order chi connectivity index (χ0) is 16.6. The first-order valence-corrected chi connectivity index (χ1v) is 8.35. The fraction of sp³-hybridized carbons (Fsp3) is 0.647. The van der Waals surface area contributed by atoms with E-state index in [0.717, 1.165) is 44.1 Å². The third-order valence-electron chi connectivity index (χ3n) is 4.94. The molecule has 0 bridgehead atoms. The van der Waals surface area contributed by atoms with Crippen molar-refractivity contribution in [1.82, 2.24) is 25.2 Å². The second kappa shape index (κ2) is 6.45. The Labute approximate surface area is 137 Å². The molecule has 0 spiro atoms. The van der Waals surface area contributed by atoms with Gasteiger partial charge in [-0.2, -0.15) is 5.10 Å². The average Bonchev–Trinajstić information content (AvgIpc) is 3.05. The molecule has 0 unspecified atom stereocenters. The molecule has 6 nitrogen and oxygen atoms in total. The predicted octanol–water partition coefficient (Wildman–Crippen LogP) is 2.41. The number of hydrogen-bond acceptors (Lipinski definition) is 5. The third-order valence-corrected chi connectivity index (χ3v) is 4.94. The molecule has 23 heavy (non-hydrogen) atoms. The van der Waals surface area contributed by atoms with Gasteiger partial charge in [0.15, 0.2) is 0 Å². The van der Waals surface area contributed by atoms with Gasteiger partial charge in [-0.25, -0.2) is 0 Å². The summed E-state index contributed by atoms with van der Waals surface area (Å²) in [6.45, 7) is 12.2. The van der Waals surface area contributed by atoms with Gasteiger partial charge in [-0.3, -0.25) is 14.9 Å². The third kappa shape index (κ3) is 3.33. The quantitative estimate of drug-likeness (QED) is 0.917. The number of nitrogens with one attached hydrogen (secondary N) is 1. The molecule has 0 atom stereocenters. The minimum absolute atomic E-state index is 0.530. The van der Waals surface area contributed by atoms with Gasteiger partial charge in [-0.15, -0.1) is 0 Å². The number of aryl methyl sites for hydroxylation is 2. The highest BCUT2D eigenvalue weighted by molar-refractivity contribution is 5.28. The standard InChI is InChI=1S/C17H27N5O/c1-11(2)21(5)9-16-14-6-7-22(10-17(14)19-18-16)8-15-12(3)20-23-13(15)4/h11H,6-10H2,1-5H3,(H,18,19). The SMILES string of the molecule is Cc1noc(C)c1CN1CCc2c(CN(C)C(C)C)n[nH]c2C1. The summed E-state index contributed by atoms with van der Waals surface area (Å²) in [7, 11) is 2.15. The maximum Gasteiger partial charge on any atom is 0.138 e. The fourth-order valence-electron chi connectivity index (χ4n) is 3.08. The Morgan fingerprint density at radius 1 is 1.35 bits per heavy atom. The van der Waals surface area contributed by atoms with E-state index >= 15 is 0 Å². The molecule has 0 amide bonds. The average molecular weight is 317 g/mol. The van der Waals surface area contributed by atoms with Crippen molar-refractivity contribution in [3.05, 3.63) is 34.0 Å². The van der Waals surface area contributed by atoms with Gasteiger partial charge in [0.2, 0.25) is 0 Å². The first kappa shape index (κ1) is 16.2. The largest absolute Gasteiger partial charge is 0.361 e. The van der Waals surface area contributed by atoms with Crippen LogP contribution in [0.5, 0.6) is 0 Å². The number of H-pyrrole nitrogens is 1. The van der Waals surface area contributed by atoms with Crippen molar-refractivity contribution in [2.45, 2.75) is 59.8 Å². The number of aromatic amines is 1. The minimum atomic E-state index is 0.530. The minimum Gasteiger partial charge on any atom is -0.361 e. The number of nitrogens with zero attached hydrogens (tertiary/aromatic N) is 4. The van der Waals surface area contributed by atoms with Crippen LogP contribution < -0.4 is 0 Å². The van der Waals surface area contributed by atoms with Crippen molar-refractivity contribution in [2.75, 3.05) is 13.6 Å². The smallest absolute Gasteiger partial charge is 0.138 e. The molecule has 2 aromatic heterocycles. The molecular weight excluding hydrogens is 290 g/mol. The highest BCUT2D eigenvalue weighted by Gasteiger charge is 2.24. The van der Waals surface area contributed by atoms with E-state index in [0.29, 0.717) is 6.04 Å². The van der Waals surface area contributed by atoms with E-state index in [1.54, 1.807) is 0 Å². The van der Waals surface area contributed by atoms with Crippen molar-refractivity contribution in [3.63, 3.8) is 0 Å². The molecular formula is C17H27N5O. The summed E-state index contributed by atoms with van der Waals surface area (Å²) in [6.07, 6.45) is 1.05. The Morgan fingerprint density at radius 2 is 2.13 bits per heavy atom. The number of hydrogen-bond donors (Lipinski definition) is 1. The van der Waals surface area contributed by atoms with E-state index in [4.69, 9.17) is 4.52 Å². The van der Waals surface area contributed by atoms with Crippen LogP contribution in [0.4, 0.5) is 0 Å². The molecule has 0 radical (unpaired) electrons. The maximum absolute atomic E-state index is 5.27. The van der Waals surface area contributed by atoms with Gasteiger partial charge < -0.3 is 4.52 Å². The lowest BCUT2D eigenvalue weighted by Crippen LogP contribution is -2.31.